The Kier molecular flexibility index (Phi) is 7.04. The number of imidazole rings is 1. The van der Waals surface area contributed by atoms with E-state index in [1.165, 1.54) is 0 Å². The van der Waals surface area contributed by atoms with E-state index in [0.29, 0.717) is 37.8 Å². The number of benzene rings is 1. The van der Waals surface area contributed by atoms with Gasteiger partial charge in [0.15, 0.2) is 5.82 Å². The van der Waals surface area contributed by atoms with Crippen molar-refractivity contribution in [1.82, 2.24) is 19.8 Å². The zero-order valence-corrected chi connectivity index (χ0v) is 17.5. The Bertz CT molecular complexity index is 845. The van der Waals surface area contributed by atoms with E-state index >= 15 is 0 Å². The van der Waals surface area contributed by atoms with Gasteiger partial charge in [-0.1, -0.05) is 30.3 Å². The zero-order valence-electron chi connectivity index (χ0n) is 17.5. The first-order valence-electron chi connectivity index (χ1n) is 10.2. The Morgan fingerprint density at radius 2 is 2.00 bits per heavy atom. The average Bonchev–Trinajstić information content (AvgIpc) is 3.12. The second kappa shape index (κ2) is 9.69. The van der Waals surface area contributed by atoms with Crippen molar-refractivity contribution >= 4 is 11.8 Å². The van der Waals surface area contributed by atoms with Gasteiger partial charge in [-0.05, 0) is 38.7 Å². The number of amides is 2. The van der Waals surface area contributed by atoms with Crippen LogP contribution in [-0.2, 0) is 24.2 Å². The van der Waals surface area contributed by atoms with Crippen molar-refractivity contribution in [3.8, 4) is 0 Å². The van der Waals surface area contributed by atoms with Gasteiger partial charge in [0.1, 0.15) is 5.69 Å². The molecule has 2 amide bonds. The maximum absolute atomic E-state index is 13.5. The fourth-order valence-electron chi connectivity index (χ4n) is 3.64. The van der Waals surface area contributed by atoms with Crippen molar-refractivity contribution in [3.05, 3.63) is 53.1 Å². The lowest BCUT2D eigenvalue weighted by Crippen LogP contribution is -2.37. The average molecular weight is 399 g/mol. The van der Waals surface area contributed by atoms with Gasteiger partial charge < -0.3 is 19.5 Å². The van der Waals surface area contributed by atoms with E-state index in [4.69, 9.17) is 4.74 Å². The number of nitrogens with zero attached hydrogens (tertiary/aromatic N) is 3. The smallest absolute Gasteiger partial charge is 0.287 e. The Balaban J connectivity index is 1.89. The molecule has 2 heterocycles. The third-order valence-electron chi connectivity index (χ3n) is 5.20. The highest BCUT2D eigenvalue weighted by atomic mass is 16.5. The Morgan fingerprint density at radius 3 is 2.69 bits per heavy atom. The fourth-order valence-corrected chi connectivity index (χ4v) is 3.64. The summed E-state index contributed by atoms with van der Waals surface area (Å²) in [6.07, 6.45) is 2.74. The molecule has 1 aliphatic heterocycles. The van der Waals surface area contributed by atoms with Crippen molar-refractivity contribution in [2.24, 2.45) is 0 Å². The highest BCUT2D eigenvalue weighted by Gasteiger charge is 2.30. The van der Waals surface area contributed by atoms with Crippen molar-refractivity contribution in [3.63, 3.8) is 0 Å². The molecule has 7 nitrogen and oxygen atoms in total. The number of fused-ring (bicyclic) bond motifs is 1. The number of hydrogen-bond donors (Lipinski definition) is 1. The first-order chi connectivity index (χ1) is 14.0. The van der Waals surface area contributed by atoms with Crippen LogP contribution in [0.3, 0.4) is 0 Å². The summed E-state index contributed by atoms with van der Waals surface area (Å²) in [6, 6.07) is 9.95. The summed E-state index contributed by atoms with van der Waals surface area (Å²) in [6.45, 7) is 6.07. The number of rotatable bonds is 8. The van der Waals surface area contributed by atoms with Gasteiger partial charge in [0.05, 0.1) is 12.3 Å². The van der Waals surface area contributed by atoms with E-state index in [0.717, 1.165) is 30.5 Å². The van der Waals surface area contributed by atoms with E-state index in [1.54, 1.807) is 7.11 Å². The molecule has 0 atom stereocenters. The molecule has 0 spiro atoms. The van der Waals surface area contributed by atoms with Crippen LogP contribution < -0.4 is 5.32 Å². The summed E-state index contributed by atoms with van der Waals surface area (Å²) in [5, 5.41) is 2.82. The predicted molar refractivity (Wildman–Crippen MR) is 111 cm³/mol. The number of ether oxygens (including phenoxy) is 1. The molecule has 1 aromatic carbocycles. The lowest BCUT2D eigenvalue weighted by Gasteiger charge is -2.27. The SMILES string of the molecule is COCCNC(=O)c1nc(C(=O)N(Cc2ccccc2)C(C)C)c2n1CCCC2. The summed E-state index contributed by atoms with van der Waals surface area (Å²) in [5.74, 6) is -0.0589. The van der Waals surface area contributed by atoms with Crippen LogP contribution in [0.15, 0.2) is 30.3 Å². The number of methoxy groups -OCH3 is 1. The van der Waals surface area contributed by atoms with Crippen molar-refractivity contribution in [1.29, 1.82) is 0 Å². The quantitative estimate of drug-likeness (QED) is 0.694. The highest BCUT2D eigenvalue weighted by molar-refractivity contribution is 5.97. The van der Waals surface area contributed by atoms with E-state index < -0.39 is 0 Å². The van der Waals surface area contributed by atoms with Crippen molar-refractivity contribution in [2.45, 2.75) is 52.2 Å². The number of aromatic nitrogens is 2. The third-order valence-corrected chi connectivity index (χ3v) is 5.20. The molecular weight excluding hydrogens is 368 g/mol. The molecule has 0 fully saturated rings. The maximum atomic E-state index is 13.5. The van der Waals surface area contributed by atoms with E-state index in [1.807, 2.05) is 53.6 Å². The lowest BCUT2D eigenvalue weighted by atomic mass is 10.1. The van der Waals surface area contributed by atoms with Crippen molar-refractivity contribution < 1.29 is 14.3 Å². The zero-order chi connectivity index (χ0) is 20.8. The standard InChI is InChI=1S/C22H30N4O3/c1-16(2)26(15-17-9-5-4-6-10-17)22(28)19-18-11-7-8-13-25(18)20(24-19)21(27)23-12-14-29-3/h4-6,9-10,16H,7-8,11-15H2,1-3H3,(H,23,27). The molecule has 0 unspecified atom stereocenters. The molecule has 156 valence electrons. The molecule has 1 aromatic heterocycles. The molecule has 3 rings (SSSR count). The summed E-state index contributed by atoms with van der Waals surface area (Å²) in [7, 11) is 1.59. The van der Waals surface area contributed by atoms with E-state index in [9.17, 15) is 9.59 Å². The molecular formula is C22H30N4O3. The molecule has 2 aromatic rings. The van der Waals surface area contributed by atoms with Crippen molar-refractivity contribution in [2.75, 3.05) is 20.3 Å². The monoisotopic (exact) mass is 398 g/mol. The van der Waals surface area contributed by atoms with Crippen LogP contribution in [0.4, 0.5) is 0 Å². The van der Waals surface area contributed by atoms with Gasteiger partial charge in [0.2, 0.25) is 0 Å². The summed E-state index contributed by atoms with van der Waals surface area (Å²) >= 11 is 0. The molecule has 1 aliphatic rings. The third kappa shape index (κ3) is 4.85. The highest BCUT2D eigenvalue weighted by Crippen LogP contribution is 2.23. The minimum Gasteiger partial charge on any atom is -0.383 e. The van der Waals surface area contributed by atoms with Gasteiger partial charge in [0.25, 0.3) is 11.8 Å². The van der Waals surface area contributed by atoms with Gasteiger partial charge in [0, 0.05) is 32.8 Å². The molecule has 0 saturated heterocycles. The molecule has 29 heavy (non-hydrogen) atoms. The molecule has 0 saturated carbocycles. The minimum atomic E-state index is -0.261. The van der Waals surface area contributed by atoms with Gasteiger partial charge in [-0.15, -0.1) is 0 Å². The number of hydrogen-bond acceptors (Lipinski definition) is 4. The fraction of sp³-hybridized carbons (Fsp3) is 0.500. The van der Waals surface area contributed by atoms with Crippen LogP contribution in [0.25, 0.3) is 0 Å². The second-order valence-electron chi connectivity index (χ2n) is 7.60. The summed E-state index contributed by atoms with van der Waals surface area (Å²) in [4.78, 5) is 32.5. The lowest BCUT2D eigenvalue weighted by molar-refractivity contribution is 0.0683. The number of carbonyl (C=O) groups excluding carboxylic acids is 2. The minimum absolute atomic E-state index is 0.0163. The van der Waals surface area contributed by atoms with E-state index in [2.05, 4.69) is 10.3 Å². The van der Waals surface area contributed by atoms with Crippen LogP contribution in [0, 0.1) is 0 Å². The number of carbonyl (C=O) groups is 2. The normalized spacial score (nSPS) is 13.2. The van der Waals surface area contributed by atoms with Crippen LogP contribution >= 0.6 is 0 Å². The van der Waals surface area contributed by atoms with Gasteiger partial charge in [-0.2, -0.15) is 0 Å². The molecule has 0 aliphatic carbocycles. The Morgan fingerprint density at radius 1 is 1.24 bits per heavy atom. The predicted octanol–water partition coefficient (Wildman–Crippen LogP) is 2.65. The molecule has 0 bridgehead atoms. The van der Waals surface area contributed by atoms with Gasteiger partial charge >= 0.3 is 0 Å². The molecule has 1 N–H and O–H groups in total. The van der Waals surface area contributed by atoms with Crippen LogP contribution in [-0.4, -0.2) is 52.6 Å². The second-order valence-corrected chi connectivity index (χ2v) is 7.60. The van der Waals surface area contributed by atoms with Gasteiger partial charge in [-0.3, -0.25) is 9.59 Å². The number of nitrogens with one attached hydrogen (secondary N) is 1. The maximum Gasteiger partial charge on any atom is 0.287 e. The topological polar surface area (TPSA) is 76.5 Å². The van der Waals surface area contributed by atoms with Crippen LogP contribution in [0.1, 0.15) is 59.1 Å². The van der Waals surface area contributed by atoms with Gasteiger partial charge in [-0.25, -0.2) is 4.98 Å². The first-order valence-corrected chi connectivity index (χ1v) is 10.2. The molecule has 7 heteroatoms. The summed E-state index contributed by atoms with van der Waals surface area (Å²) < 4.78 is 6.91. The van der Waals surface area contributed by atoms with Crippen LogP contribution in [0.5, 0.6) is 0 Å². The largest absolute Gasteiger partial charge is 0.383 e. The Labute approximate surface area is 172 Å². The first kappa shape index (κ1) is 21.0. The van der Waals surface area contributed by atoms with E-state index in [-0.39, 0.29) is 17.9 Å². The van der Waals surface area contributed by atoms with Crippen LogP contribution in [0.2, 0.25) is 0 Å². The summed E-state index contributed by atoms with van der Waals surface area (Å²) in [5.41, 5.74) is 2.35. The Hall–Kier alpha value is -2.67. The molecule has 0 radical (unpaired) electrons.